The van der Waals surface area contributed by atoms with Crippen molar-refractivity contribution in [3.63, 3.8) is 0 Å². The van der Waals surface area contributed by atoms with Crippen molar-refractivity contribution >= 4 is 12.1 Å². The molecule has 5 heteroatoms. The predicted molar refractivity (Wildman–Crippen MR) is 76.6 cm³/mol. The molecule has 1 heterocycles. The average Bonchev–Trinajstić information content (AvgIpc) is 2.66. The molecule has 1 aliphatic heterocycles. The molecule has 1 saturated heterocycles. The van der Waals surface area contributed by atoms with Crippen LogP contribution >= 0.6 is 0 Å². The van der Waals surface area contributed by atoms with Crippen LogP contribution < -0.4 is 0 Å². The maximum Gasteiger partial charge on any atom is 0.411 e. The highest BCUT2D eigenvalue weighted by Crippen LogP contribution is 2.69. The number of hydrogen-bond acceptors (Lipinski definition) is 4. The topological polar surface area (TPSA) is 55.8 Å². The number of carbonyl (C=O) groups excluding carboxylic acids is 2. The van der Waals surface area contributed by atoms with E-state index in [0.717, 1.165) is 12.3 Å². The lowest BCUT2D eigenvalue weighted by atomic mass is 9.40. The standard InChI is InChI=1S/C16H25NO4/c1-15(2,3)21-14(19)17-9-11(5-12(17)13(18)20-4)16-6-10(7-16)8-16/h10-12H,5-9H2,1-4H3/t10?,11?,12-,16?/m0/s1. The minimum absolute atomic E-state index is 0.324. The first-order valence-electron chi connectivity index (χ1n) is 7.81. The zero-order valence-corrected chi connectivity index (χ0v) is 13.3. The molecule has 0 spiro atoms. The van der Waals surface area contributed by atoms with E-state index in [1.54, 1.807) is 4.90 Å². The van der Waals surface area contributed by atoms with Crippen LogP contribution in [0.25, 0.3) is 0 Å². The number of esters is 1. The molecular weight excluding hydrogens is 270 g/mol. The van der Waals surface area contributed by atoms with Gasteiger partial charge in [-0.2, -0.15) is 0 Å². The summed E-state index contributed by atoms with van der Waals surface area (Å²) in [4.78, 5) is 26.0. The zero-order chi connectivity index (χ0) is 15.4. The summed E-state index contributed by atoms with van der Waals surface area (Å²) in [6.07, 6.45) is 4.14. The molecule has 0 N–H and O–H groups in total. The van der Waals surface area contributed by atoms with Crippen LogP contribution in [0.1, 0.15) is 46.5 Å². The van der Waals surface area contributed by atoms with E-state index in [0.29, 0.717) is 17.9 Å². The van der Waals surface area contributed by atoms with Crippen molar-refractivity contribution in [2.45, 2.75) is 58.1 Å². The third kappa shape index (κ3) is 2.40. The molecule has 1 amide bonds. The number of hydrogen-bond donors (Lipinski definition) is 0. The monoisotopic (exact) mass is 295 g/mol. The molecule has 2 atom stereocenters. The van der Waals surface area contributed by atoms with Crippen molar-refractivity contribution in [1.29, 1.82) is 0 Å². The quantitative estimate of drug-likeness (QED) is 0.735. The molecule has 0 aromatic carbocycles. The Labute approximate surface area is 126 Å². The van der Waals surface area contributed by atoms with E-state index in [-0.39, 0.29) is 5.97 Å². The highest BCUT2D eigenvalue weighted by atomic mass is 16.6. The number of carbonyl (C=O) groups is 2. The molecule has 4 fully saturated rings. The molecule has 1 unspecified atom stereocenters. The SMILES string of the molecule is COC(=O)[C@@H]1CC(C23CC(C2)C3)CN1C(=O)OC(C)(C)C. The Kier molecular flexibility index (Phi) is 3.22. The zero-order valence-electron chi connectivity index (χ0n) is 13.3. The van der Waals surface area contributed by atoms with E-state index >= 15 is 0 Å². The Morgan fingerprint density at radius 2 is 1.81 bits per heavy atom. The molecule has 0 radical (unpaired) electrons. The molecule has 4 aliphatic rings. The van der Waals surface area contributed by atoms with E-state index in [9.17, 15) is 9.59 Å². The lowest BCUT2D eigenvalue weighted by Crippen LogP contribution is -2.56. The normalized spacial score (nSPS) is 37.5. The molecule has 5 nitrogen and oxygen atoms in total. The predicted octanol–water partition coefficient (Wildman–Crippen LogP) is 2.59. The minimum Gasteiger partial charge on any atom is -0.467 e. The summed E-state index contributed by atoms with van der Waals surface area (Å²) in [5.41, 5.74) is -0.153. The van der Waals surface area contributed by atoms with Gasteiger partial charge in [0.05, 0.1) is 7.11 Å². The summed E-state index contributed by atoms with van der Waals surface area (Å²) in [5, 5.41) is 0. The summed E-state index contributed by atoms with van der Waals surface area (Å²) in [7, 11) is 1.38. The van der Waals surface area contributed by atoms with Crippen molar-refractivity contribution in [2.24, 2.45) is 17.3 Å². The van der Waals surface area contributed by atoms with Gasteiger partial charge in [-0.15, -0.1) is 0 Å². The first-order chi connectivity index (χ1) is 9.74. The van der Waals surface area contributed by atoms with E-state index in [1.807, 2.05) is 20.8 Å². The van der Waals surface area contributed by atoms with Gasteiger partial charge in [0.1, 0.15) is 11.6 Å². The van der Waals surface area contributed by atoms with Gasteiger partial charge < -0.3 is 9.47 Å². The molecular formula is C16H25NO4. The van der Waals surface area contributed by atoms with Gasteiger partial charge in [0.15, 0.2) is 0 Å². The van der Waals surface area contributed by atoms with Gasteiger partial charge in [0.25, 0.3) is 0 Å². The molecule has 21 heavy (non-hydrogen) atoms. The number of ether oxygens (including phenoxy) is 2. The molecule has 3 saturated carbocycles. The van der Waals surface area contributed by atoms with Gasteiger partial charge in [0, 0.05) is 6.54 Å². The Hall–Kier alpha value is -1.26. The number of amides is 1. The highest BCUT2D eigenvalue weighted by molar-refractivity contribution is 5.82. The lowest BCUT2D eigenvalue weighted by molar-refractivity contribution is -0.150. The smallest absolute Gasteiger partial charge is 0.411 e. The average molecular weight is 295 g/mol. The van der Waals surface area contributed by atoms with Crippen LogP contribution in [0.4, 0.5) is 4.79 Å². The van der Waals surface area contributed by atoms with Crippen molar-refractivity contribution in [2.75, 3.05) is 13.7 Å². The van der Waals surface area contributed by atoms with Crippen LogP contribution in [-0.4, -0.2) is 42.3 Å². The first-order valence-corrected chi connectivity index (χ1v) is 7.81. The summed E-state index contributed by atoms with van der Waals surface area (Å²) in [6, 6.07) is -0.483. The Balaban J connectivity index is 1.72. The van der Waals surface area contributed by atoms with Gasteiger partial charge in [-0.3, -0.25) is 4.90 Å². The molecule has 0 aromatic heterocycles. The maximum atomic E-state index is 12.4. The second-order valence-electron chi connectivity index (χ2n) is 7.95. The second kappa shape index (κ2) is 4.62. The van der Waals surface area contributed by atoms with Crippen LogP contribution in [0.15, 0.2) is 0 Å². The largest absolute Gasteiger partial charge is 0.467 e. The van der Waals surface area contributed by atoms with Gasteiger partial charge in [-0.05, 0) is 63.7 Å². The number of nitrogens with zero attached hydrogens (tertiary/aromatic N) is 1. The minimum atomic E-state index is -0.549. The summed E-state index contributed by atoms with van der Waals surface area (Å²) in [5.74, 6) is 0.992. The van der Waals surface area contributed by atoms with Crippen molar-refractivity contribution in [3.05, 3.63) is 0 Å². The Morgan fingerprint density at radius 3 is 2.24 bits per heavy atom. The van der Waals surface area contributed by atoms with E-state index in [1.165, 1.54) is 26.4 Å². The van der Waals surface area contributed by atoms with Crippen LogP contribution in [-0.2, 0) is 14.3 Å². The van der Waals surface area contributed by atoms with Gasteiger partial charge in [-0.1, -0.05) is 0 Å². The van der Waals surface area contributed by atoms with E-state index in [4.69, 9.17) is 9.47 Å². The maximum absolute atomic E-state index is 12.4. The fraction of sp³-hybridized carbons (Fsp3) is 0.875. The first kappa shape index (κ1) is 14.7. The van der Waals surface area contributed by atoms with Crippen LogP contribution in [0.5, 0.6) is 0 Å². The fourth-order valence-electron chi connectivity index (χ4n) is 4.21. The fourth-order valence-corrected chi connectivity index (χ4v) is 4.21. The molecule has 118 valence electrons. The van der Waals surface area contributed by atoms with Crippen LogP contribution in [0.2, 0.25) is 0 Å². The highest BCUT2D eigenvalue weighted by Gasteiger charge is 2.63. The second-order valence-corrected chi connectivity index (χ2v) is 7.95. The molecule has 2 bridgehead atoms. The third-order valence-electron chi connectivity index (χ3n) is 5.35. The number of rotatable bonds is 2. The molecule has 0 aromatic rings. The van der Waals surface area contributed by atoms with Crippen LogP contribution in [0, 0.1) is 17.3 Å². The summed E-state index contributed by atoms with van der Waals surface area (Å²) < 4.78 is 10.3. The van der Waals surface area contributed by atoms with Crippen molar-refractivity contribution < 1.29 is 19.1 Å². The van der Waals surface area contributed by atoms with Crippen molar-refractivity contribution in [3.8, 4) is 0 Å². The van der Waals surface area contributed by atoms with E-state index < -0.39 is 17.7 Å². The molecule has 4 rings (SSSR count). The molecule has 3 aliphatic carbocycles. The van der Waals surface area contributed by atoms with Gasteiger partial charge >= 0.3 is 12.1 Å². The van der Waals surface area contributed by atoms with E-state index in [2.05, 4.69) is 0 Å². The summed E-state index contributed by atoms with van der Waals surface area (Å²) in [6.45, 7) is 6.15. The number of likely N-dealkylation sites (tertiary alicyclic amines) is 1. The Bertz CT molecular complexity index is 450. The van der Waals surface area contributed by atoms with Gasteiger partial charge in [0.2, 0.25) is 0 Å². The third-order valence-corrected chi connectivity index (χ3v) is 5.35. The Morgan fingerprint density at radius 1 is 1.19 bits per heavy atom. The number of methoxy groups -OCH3 is 1. The van der Waals surface area contributed by atoms with Crippen molar-refractivity contribution in [1.82, 2.24) is 4.90 Å². The summed E-state index contributed by atoms with van der Waals surface area (Å²) >= 11 is 0. The van der Waals surface area contributed by atoms with Gasteiger partial charge in [-0.25, -0.2) is 9.59 Å². The van der Waals surface area contributed by atoms with Crippen LogP contribution in [0.3, 0.4) is 0 Å². The lowest BCUT2D eigenvalue weighted by Gasteiger charge is -2.65.